The van der Waals surface area contributed by atoms with Crippen LogP contribution in [-0.2, 0) is 11.2 Å². The van der Waals surface area contributed by atoms with Crippen LogP contribution in [0.2, 0.25) is 0 Å². The van der Waals surface area contributed by atoms with Gasteiger partial charge in [0.05, 0.1) is 20.6 Å². The Labute approximate surface area is 82.6 Å². The zero-order chi connectivity index (χ0) is 10.6. The van der Waals surface area contributed by atoms with Crippen LogP contribution in [0.3, 0.4) is 0 Å². The zero-order valence-electron chi connectivity index (χ0n) is 8.16. The smallest absolute Gasteiger partial charge is 0.242 e. The van der Waals surface area contributed by atoms with E-state index < -0.39 is 5.91 Å². The molecule has 1 radical (unpaired) electrons. The third-order valence-corrected chi connectivity index (χ3v) is 1.81. The normalized spacial score (nSPS) is 9.57. The predicted molar refractivity (Wildman–Crippen MR) is 51.4 cm³/mol. The molecular weight excluding hydrogens is 182 g/mol. The van der Waals surface area contributed by atoms with Crippen LogP contribution >= 0.6 is 0 Å². The Balaban J connectivity index is 2.95. The van der Waals surface area contributed by atoms with Gasteiger partial charge < -0.3 is 9.47 Å². The van der Waals surface area contributed by atoms with Gasteiger partial charge in [0.15, 0.2) is 11.5 Å². The maximum absolute atomic E-state index is 10.6. The van der Waals surface area contributed by atoms with E-state index in [2.05, 4.69) is 0 Å². The highest BCUT2D eigenvalue weighted by Crippen LogP contribution is 2.27. The topological polar surface area (TPSA) is 59.3 Å². The highest BCUT2D eigenvalue weighted by atomic mass is 16.5. The van der Waals surface area contributed by atoms with Crippen LogP contribution in [0.4, 0.5) is 0 Å². The van der Waals surface area contributed by atoms with Gasteiger partial charge in [0.2, 0.25) is 5.91 Å². The van der Waals surface area contributed by atoms with Crippen molar-refractivity contribution in [3.05, 3.63) is 23.8 Å². The Morgan fingerprint density at radius 3 is 2.43 bits per heavy atom. The lowest BCUT2D eigenvalue weighted by Gasteiger charge is -2.08. The van der Waals surface area contributed by atoms with E-state index in [0.29, 0.717) is 11.5 Å². The van der Waals surface area contributed by atoms with E-state index in [0.717, 1.165) is 5.56 Å². The maximum Gasteiger partial charge on any atom is 0.242 e. The number of carbonyl (C=O) groups excluding carboxylic acids is 1. The fourth-order valence-corrected chi connectivity index (χ4v) is 1.18. The van der Waals surface area contributed by atoms with Crippen LogP contribution in [0.5, 0.6) is 11.5 Å². The highest BCUT2D eigenvalue weighted by Gasteiger charge is 2.06. The van der Waals surface area contributed by atoms with Crippen molar-refractivity contribution in [1.82, 2.24) is 5.73 Å². The van der Waals surface area contributed by atoms with Gasteiger partial charge in [-0.25, -0.2) is 0 Å². The average molecular weight is 194 g/mol. The molecule has 0 spiro atoms. The Morgan fingerprint density at radius 1 is 1.29 bits per heavy atom. The molecule has 0 fully saturated rings. The van der Waals surface area contributed by atoms with Gasteiger partial charge >= 0.3 is 0 Å². The summed E-state index contributed by atoms with van der Waals surface area (Å²) in [5, 5.41) is 0. The molecule has 1 aromatic carbocycles. The van der Waals surface area contributed by atoms with Gasteiger partial charge in [-0.1, -0.05) is 6.07 Å². The number of benzene rings is 1. The molecule has 1 aromatic rings. The van der Waals surface area contributed by atoms with E-state index in [-0.39, 0.29) is 6.42 Å². The van der Waals surface area contributed by atoms with Gasteiger partial charge in [-0.15, -0.1) is 0 Å². The largest absolute Gasteiger partial charge is 0.493 e. The molecular formula is C10H12NO3. The van der Waals surface area contributed by atoms with Crippen molar-refractivity contribution in [2.24, 2.45) is 0 Å². The Bertz CT molecular complexity index is 336. The van der Waals surface area contributed by atoms with Crippen LogP contribution in [0.1, 0.15) is 5.56 Å². The van der Waals surface area contributed by atoms with E-state index in [1.165, 1.54) is 7.11 Å². The summed E-state index contributed by atoms with van der Waals surface area (Å²) in [6, 6.07) is 5.16. The Hall–Kier alpha value is -1.71. The molecule has 14 heavy (non-hydrogen) atoms. The van der Waals surface area contributed by atoms with Crippen LogP contribution in [-0.4, -0.2) is 20.1 Å². The molecule has 0 heterocycles. The molecule has 1 amide bonds. The molecule has 0 aliphatic heterocycles. The average Bonchev–Trinajstić information content (AvgIpc) is 2.16. The van der Waals surface area contributed by atoms with Crippen molar-refractivity contribution >= 4 is 5.91 Å². The molecule has 0 saturated carbocycles. The van der Waals surface area contributed by atoms with Gasteiger partial charge in [0.1, 0.15) is 0 Å². The monoisotopic (exact) mass is 194 g/mol. The van der Waals surface area contributed by atoms with Crippen LogP contribution in [0, 0.1) is 0 Å². The van der Waals surface area contributed by atoms with Crippen LogP contribution < -0.4 is 15.2 Å². The molecule has 4 nitrogen and oxygen atoms in total. The summed E-state index contributed by atoms with van der Waals surface area (Å²) >= 11 is 0. The van der Waals surface area contributed by atoms with E-state index in [1.54, 1.807) is 25.3 Å². The first-order valence-electron chi connectivity index (χ1n) is 4.12. The van der Waals surface area contributed by atoms with E-state index in [4.69, 9.17) is 15.2 Å². The number of ether oxygens (including phenoxy) is 2. The second-order valence-electron chi connectivity index (χ2n) is 2.79. The summed E-state index contributed by atoms with van der Waals surface area (Å²) in [6.07, 6.45) is 0.0976. The third kappa shape index (κ3) is 2.39. The fraction of sp³-hybridized carbons (Fsp3) is 0.300. The Kier molecular flexibility index (Phi) is 3.34. The van der Waals surface area contributed by atoms with Crippen molar-refractivity contribution in [2.75, 3.05) is 14.2 Å². The molecule has 1 rings (SSSR count). The van der Waals surface area contributed by atoms with Crippen molar-refractivity contribution in [1.29, 1.82) is 0 Å². The molecule has 75 valence electrons. The van der Waals surface area contributed by atoms with Crippen LogP contribution in [0.15, 0.2) is 18.2 Å². The molecule has 4 heteroatoms. The second-order valence-corrected chi connectivity index (χ2v) is 2.79. The van der Waals surface area contributed by atoms with E-state index in [1.807, 2.05) is 0 Å². The first-order valence-corrected chi connectivity index (χ1v) is 4.12. The lowest BCUT2D eigenvalue weighted by molar-refractivity contribution is -0.118. The first-order chi connectivity index (χ1) is 6.67. The third-order valence-electron chi connectivity index (χ3n) is 1.81. The quantitative estimate of drug-likeness (QED) is 0.719. The van der Waals surface area contributed by atoms with Gasteiger partial charge in [0, 0.05) is 0 Å². The summed E-state index contributed by atoms with van der Waals surface area (Å²) in [5.74, 6) is 0.581. The number of carbonyl (C=O) groups is 1. The number of amides is 1. The number of rotatable bonds is 4. The minimum atomic E-state index is -0.614. The van der Waals surface area contributed by atoms with Crippen molar-refractivity contribution in [3.63, 3.8) is 0 Å². The highest BCUT2D eigenvalue weighted by molar-refractivity contribution is 5.76. The van der Waals surface area contributed by atoms with Gasteiger partial charge in [-0.05, 0) is 17.7 Å². The van der Waals surface area contributed by atoms with Crippen molar-refractivity contribution in [3.8, 4) is 11.5 Å². The molecule has 0 atom stereocenters. The Morgan fingerprint density at radius 2 is 1.93 bits per heavy atom. The molecule has 0 unspecified atom stereocenters. The minimum Gasteiger partial charge on any atom is -0.493 e. The number of nitrogens with one attached hydrogen (secondary N) is 1. The number of methoxy groups -OCH3 is 2. The van der Waals surface area contributed by atoms with Crippen molar-refractivity contribution in [2.45, 2.75) is 6.42 Å². The summed E-state index contributed by atoms with van der Waals surface area (Å²) in [6.45, 7) is 0. The summed E-state index contributed by atoms with van der Waals surface area (Å²) in [4.78, 5) is 10.6. The van der Waals surface area contributed by atoms with E-state index >= 15 is 0 Å². The lowest BCUT2D eigenvalue weighted by atomic mass is 10.1. The fourth-order valence-electron chi connectivity index (χ4n) is 1.18. The number of hydrogen-bond donors (Lipinski definition) is 0. The second kappa shape index (κ2) is 4.50. The minimum absolute atomic E-state index is 0.0976. The molecule has 0 aliphatic carbocycles. The first kappa shape index (κ1) is 10.4. The lowest BCUT2D eigenvalue weighted by Crippen LogP contribution is -2.02. The molecule has 0 aromatic heterocycles. The summed E-state index contributed by atoms with van der Waals surface area (Å²) < 4.78 is 10.1. The van der Waals surface area contributed by atoms with Gasteiger partial charge in [0.25, 0.3) is 0 Å². The van der Waals surface area contributed by atoms with E-state index in [9.17, 15) is 4.79 Å². The predicted octanol–water partition coefficient (Wildman–Crippen LogP) is 1.06. The van der Waals surface area contributed by atoms with Gasteiger partial charge in [-0.3, -0.25) is 10.5 Å². The standard InChI is InChI=1S/C10H12NO3/c1-13-8-4-3-7(6-10(11)12)5-9(8)14-2/h3-5,11H,6H2,1-2H3. The maximum atomic E-state index is 10.6. The zero-order valence-corrected chi connectivity index (χ0v) is 8.16. The molecule has 0 aliphatic rings. The SMILES string of the molecule is COc1ccc(CC([NH])=O)cc1OC. The van der Waals surface area contributed by atoms with Gasteiger partial charge in [-0.2, -0.15) is 0 Å². The van der Waals surface area contributed by atoms with Crippen LogP contribution in [0.25, 0.3) is 0 Å². The molecule has 1 N–H and O–H groups in total. The molecule has 0 saturated heterocycles. The summed E-state index contributed by atoms with van der Waals surface area (Å²) in [7, 11) is 3.08. The molecule has 0 bridgehead atoms. The number of hydrogen-bond acceptors (Lipinski definition) is 3. The summed E-state index contributed by atoms with van der Waals surface area (Å²) in [5.41, 5.74) is 7.58. The van der Waals surface area contributed by atoms with Crippen molar-refractivity contribution < 1.29 is 14.3 Å².